The van der Waals surface area contributed by atoms with Crippen molar-refractivity contribution in [2.45, 2.75) is 47.5 Å². The van der Waals surface area contributed by atoms with Gasteiger partial charge in [-0.3, -0.25) is 0 Å². The maximum Gasteiger partial charge on any atom is -0.00211 e. The number of hydrogen-bond acceptors (Lipinski definition) is 1. The van der Waals surface area contributed by atoms with Gasteiger partial charge < -0.3 is 5.32 Å². The van der Waals surface area contributed by atoms with Crippen molar-refractivity contribution in [2.24, 2.45) is 17.3 Å². The van der Waals surface area contributed by atoms with Crippen molar-refractivity contribution in [3.63, 3.8) is 0 Å². The van der Waals surface area contributed by atoms with Gasteiger partial charge in [-0.15, -0.1) is 0 Å². The van der Waals surface area contributed by atoms with Crippen LogP contribution in [-0.4, -0.2) is 13.6 Å². The Labute approximate surface area is 84.3 Å². The summed E-state index contributed by atoms with van der Waals surface area (Å²) in [6.45, 7) is 12.8. The molecule has 80 valence electrons. The Bertz CT molecular complexity index is 122. The summed E-state index contributed by atoms with van der Waals surface area (Å²) in [6, 6.07) is 0. The van der Waals surface area contributed by atoms with E-state index in [1.54, 1.807) is 0 Å². The molecule has 1 heteroatoms. The molecule has 0 aromatic heterocycles. The molecule has 0 radical (unpaired) electrons. The molecule has 1 unspecified atom stereocenters. The minimum Gasteiger partial charge on any atom is -0.319 e. The third-order valence-corrected chi connectivity index (χ3v) is 2.67. The largest absolute Gasteiger partial charge is 0.319 e. The molecule has 0 amide bonds. The highest BCUT2D eigenvalue weighted by Crippen LogP contribution is 2.26. The Morgan fingerprint density at radius 1 is 1.15 bits per heavy atom. The summed E-state index contributed by atoms with van der Waals surface area (Å²) in [7, 11) is 2.05. The van der Waals surface area contributed by atoms with Crippen LogP contribution in [0.2, 0.25) is 0 Å². The van der Waals surface area contributed by atoms with Crippen LogP contribution in [0.1, 0.15) is 47.5 Å². The third-order valence-electron chi connectivity index (χ3n) is 2.67. The molecule has 0 spiro atoms. The first kappa shape index (κ1) is 13.0. The van der Waals surface area contributed by atoms with Crippen LogP contribution in [0.4, 0.5) is 0 Å². The fourth-order valence-electron chi connectivity index (χ4n) is 1.55. The summed E-state index contributed by atoms with van der Waals surface area (Å²) in [5.74, 6) is 1.64. The monoisotopic (exact) mass is 185 g/mol. The molecule has 0 heterocycles. The van der Waals surface area contributed by atoms with Gasteiger partial charge in [-0.1, -0.05) is 34.6 Å². The lowest BCUT2D eigenvalue weighted by Crippen LogP contribution is -2.24. The molecular weight excluding hydrogens is 158 g/mol. The lowest BCUT2D eigenvalue weighted by atomic mass is 9.83. The van der Waals surface area contributed by atoms with Crippen LogP contribution in [-0.2, 0) is 0 Å². The van der Waals surface area contributed by atoms with Gasteiger partial charge in [0.15, 0.2) is 0 Å². The summed E-state index contributed by atoms with van der Waals surface area (Å²) in [5.41, 5.74) is 0.487. The second-order valence-corrected chi connectivity index (χ2v) is 5.66. The van der Waals surface area contributed by atoms with Crippen LogP contribution in [0.15, 0.2) is 0 Å². The van der Waals surface area contributed by atoms with Gasteiger partial charge in [-0.2, -0.15) is 0 Å². The average molecular weight is 185 g/mol. The first-order valence-corrected chi connectivity index (χ1v) is 5.51. The van der Waals surface area contributed by atoms with E-state index in [4.69, 9.17) is 0 Å². The predicted octanol–water partition coefficient (Wildman–Crippen LogP) is 3.30. The molecule has 0 aromatic rings. The van der Waals surface area contributed by atoms with Crippen LogP contribution in [0.25, 0.3) is 0 Å². The van der Waals surface area contributed by atoms with Crippen molar-refractivity contribution in [1.82, 2.24) is 5.32 Å². The van der Waals surface area contributed by atoms with Gasteiger partial charge in [-0.25, -0.2) is 0 Å². The fraction of sp³-hybridized carbons (Fsp3) is 1.00. The molecule has 0 saturated carbocycles. The van der Waals surface area contributed by atoms with Crippen LogP contribution >= 0.6 is 0 Å². The Morgan fingerprint density at radius 2 is 1.69 bits per heavy atom. The summed E-state index contributed by atoms with van der Waals surface area (Å²) in [6.07, 6.45) is 2.68. The summed E-state index contributed by atoms with van der Waals surface area (Å²) < 4.78 is 0. The predicted molar refractivity (Wildman–Crippen MR) is 60.9 cm³/mol. The normalized spacial score (nSPS) is 15.0. The van der Waals surface area contributed by atoms with Gasteiger partial charge in [0.05, 0.1) is 0 Å². The summed E-state index contributed by atoms with van der Waals surface area (Å²) in [4.78, 5) is 0. The Morgan fingerprint density at radius 3 is 2.00 bits per heavy atom. The maximum atomic E-state index is 3.29. The molecule has 0 aliphatic rings. The third kappa shape index (κ3) is 7.06. The Balaban J connectivity index is 3.82. The minimum absolute atomic E-state index is 0.487. The van der Waals surface area contributed by atoms with Crippen molar-refractivity contribution in [1.29, 1.82) is 0 Å². The molecule has 0 saturated heterocycles. The zero-order valence-corrected chi connectivity index (χ0v) is 10.3. The second-order valence-electron chi connectivity index (χ2n) is 5.66. The minimum atomic E-state index is 0.487. The quantitative estimate of drug-likeness (QED) is 0.693. The standard InChI is InChI=1S/C12H27N/c1-10(2)11(9-13-6)7-8-12(3,4)5/h10-11,13H,7-9H2,1-6H3. The van der Waals surface area contributed by atoms with Crippen LogP contribution in [0.5, 0.6) is 0 Å². The molecule has 0 aromatic carbocycles. The fourth-order valence-corrected chi connectivity index (χ4v) is 1.55. The average Bonchev–Trinajstić information content (AvgIpc) is 1.95. The van der Waals surface area contributed by atoms with Gasteiger partial charge in [0.1, 0.15) is 0 Å². The first-order chi connectivity index (χ1) is 5.87. The lowest BCUT2D eigenvalue weighted by Gasteiger charge is -2.25. The summed E-state index contributed by atoms with van der Waals surface area (Å²) in [5, 5.41) is 3.29. The van der Waals surface area contributed by atoms with E-state index in [9.17, 15) is 0 Å². The lowest BCUT2D eigenvalue weighted by molar-refractivity contribution is 0.275. The molecule has 1 nitrogen and oxygen atoms in total. The first-order valence-electron chi connectivity index (χ1n) is 5.51. The van der Waals surface area contributed by atoms with Crippen molar-refractivity contribution < 1.29 is 0 Å². The van der Waals surface area contributed by atoms with E-state index < -0.39 is 0 Å². The van der Waals surface area contributed by atoms with Gasteiger partial charge in [0, 0.05) is 0 Å². The maximum absolute atomic E-state index is 3.29. The molecule has 1 atom stereocenters. The van der Waals surface area contributed by atoms with Gasteiger partial charge in [0.2, 0.25) is 0 Å². The molecule has 1 N–H and O–H groups in total. The van der Waals surface area contributed by atoms with Crippen LogP contribution < -0.4 is 5.32 Å². The van der Waals surface area contributed by atoms with E-state index in [1.165, 1.54) is 12.8 Å². The SMILES string of the molecule is CNCC(CCC(C)(C)C)C(C)C. The van der Waals surface area contributed by atoms with E-state index >= 15 is 0 Å². The van der Waals surface area contributed by atoms with Crippen molar-refractivity contribution in [2.75, 3.05) is 13.6 Å². The molecule has 0 aliphatic carbocycles. The molecule has 13 heavy (non-hydrogen) atoms. The van der Waals surface area contributed by atoms with E-state index in [-0.39, 0.29) is 0 Å². The Hall–Kier alpha value is -0.0400. The zero-order valence-electron chi connectivity index (χ0n) is 10.3. The highest BCUT2D eigenvalue weighted by molar-refractivity contribution is 4.70. The smallest absolute Gasteiger partial charge is 0.00211 e. The van der Waals surface area contributed by atoms with E-state index in [2.05, 4.69) is 39.9 Å². The Kier molecular flexibility index (Phi) is 5.62. The molecule has 0 aliphatic heterocycles. The van der Waals surface area contributed by atoms with E-state index in [0.717, 1.165) is 18.4 Å². The van der Waals surface area contributed by atoms with Gasteiger partial charge in [0.25, 0.3) is 0 Å². The van der Waals surface area contributed by atoms with Gasteiger partial charge in [-0.05, 0) is 43.7 Å². The van der Waals surface area contributed by atoms with Crippen LogP contribution in [0, 0.1) is 17.3 Å². The summed E-state index contributed by atoms with van der Waals surface area (Å²) >= 11 is 0. The number of nitrogens with one attached hydrogen (secondary N) is 1. The molecule has 0 fully saturated rings. The number of hydrogen-bond donors (Lipinski definition) is 1. The van der Waals surface area contributed by atoms with Gasteiger partial charge >= 0.3 is 0 Å². The molecule has 0 bridgehead atoms. The van der Waals surface area contributed by atoms with Crippen LogP contribution in [0.3, 0.4) is 0 Å². The van der Waals surface area contributed by atoms with Crippen molar-refractivity contribution in [3.8, 4) is 0 Å². The highest BCUT2D eigenvalue weighted by Gasteiger charge is 2.17. The van der Waals surface area contributed by atoms with E-state index in [0.29, 0.717) is 5.41 Å². The number of rotatable bonds is 5. The molecular formula is C12H27N. The second kappa shape index (κ2) is 5.64. The topological polar surface area (TPSA) is 12.0 Å². The highest BCUT2D eigenvalue weighted by atomic mass is 14.8. The van der Waals surface area contributed by atoms with Crippen molar-refractivity contribution >= 4 is 0 Å². The van der Waals surface area contributed by atoms with E-state index in [1.807, 2.05) is 7.05 Å². The van der Waals surface area contributed by atoms with Crippen molar-refractivity contribution in [3.05, 3.63) is 0 Å². The zero-order chi connectivity index (χ0) is 10.5. The molecule has 0 rings (SSSR count).